The highest BCUT2D eigenvalue weighted by molar-refractivity contribution is 6.31. The molecule has 5 rings (SSSR count). The third kappa shape index (κ3) is 4.45. The molecule has 2 heterocycles. The van der Waals surface area contributed by atoms with Gasteiger partial charge in [0.05, 0.1) is 11.4 Å². The second-order valence-electron chi connectivity index (χ2n) is 8.84. The van der Waals surface area contributed by atoms with Gasteiger partial charge in [0.15, 0.2) is 5.82 Å². The number of aryl methyl sites for hydroxylation is 2. The van der Waals surface area contributed by atoms with Crippen molar-refractivity contribution in [1.82, 2.24) is 25.0 Å². The minimum Gasteiger partial charge on any atom is -0.340 e. The zero-order valence-corrected chi connectivity index (χ0v) is 19.5. The van der Waals surface area contributed by atoms with Gasteiger partial charge in [0.25, 0.3) is 11.4 Å². The zero-order chi connectivity index (χ0) is 24.0. The third-order valence-corrected chi connectivity index (χ3v) is 6.27. The van der Waals surface area contributed by atoms with Crippen LogP contribution in [0.3, 0.4) is 0 Å². The van der Waals surface area contributed by atoms with E-state index in [1.54, 1.807) is 32.0 Å². The first-order chi connectivity index (χ1) is 16.2. The number of carbonyl (C=O) groups is 2. The Morgan fingerprint density at radius 1 is 1.21 bits per heavy atom. The normalized spacial score (nSPS) is 16.2. The quantitative estimate of drug-likeness (QED) is 0.529. The van der Waals surface area contributed by atoms with Crippen LogP contribution in [-0.4, -0.2) is 31.5 Å². The molecule has 2 amide bonds. The van der Waals surface area contributed by atoms with Crippen LogP contribution in [0.15, 0.2) is 33.6 Å². The van der Waals surface area contributed by atoms with Crippen molar-refractivity contribution < 1.29 is 14.1 Å². The summed E-state index contributed by atoms with van der Waals surface area (Å²) < 4.78 is 6.52. The zero-order valence-electron chi connectivity index (χ0n) is 18.7. The van der Waals surface area contributed by atoms with Crippen molar-refractivity contribution in [2.24, 2.45) is 5.92 Å². The Balaban J connectivity index is 1.37. The Morgan fingerprint density at radius 2 is 1.97 bits per heavy atom. The molecule has 11 heteroatoms. The number of benzene rings is 1. The molecule has 0 saturated heterocycles. The van der Waals surface area contributed by atoms with Crippen LogP contribution in [0, 0.1) is 19.8 Å². The first-order valence-electron chi connectivity index (χ1n) is 11.1. The molecule has 2 aromatic heterocycles. The summed E-state index contributed by atoms with van der Waals surface area (Å²) in [5, 5.41) is 10.1. The van der Waals surface area contributed by atoms with Gasteiger partial charge in [-0.2, -0.15) is 4.98 Å². The number of amides is 2. The summed E-state index contributed by atoms with van der Waals surface area (Å²) in [6.07, 6.45) is 3.11. The van der Waals surface area contributed by atoms with Crippen molar-refractivity contribution in [2.75, 3.05) is 5.32 Å². The summed E-state index contributed by atoms with van der Waals surface area (Å²) in [7, 11) is 0. The molecule has 10 nitrogen and oxygen atoms in total. The molecule has 2 aliphatic carbocycles. The SMILES string of the molecule is Cc1noc(C2(NC(=O)Cn3c(C)nc(-c4ccc(Cl)cc4NC(=O)C4CC4)cc3=O)CC2)n1. The number of nitrogens with one attached hydrogen (secondary N) is 2. The van der Waals surface area contributed by atoms with Gasteiger partial charge in [-0.25, -0.2) is 4.98 Å². The molecule has 0 bridgehead atoms. The lowest BCUT2D eigenvalue weighted by Crippen LogP contribution is -2.40. The molecule has 2 saturated carbocycles. The van der Waals surface area contributed by atoms with Crippen molar-refractivity contribution in [3.8, 4) is 11.3 Å². The summed E-state index contributed by atoms with van der Waals surface area (Å²) in [6.45, 7) is 3.17. The smallest absolute Gasteiger partial charge is 0.254 e. The Bertz CT molecular complexity index is 1360. The van der Waals surface area contributed by atoms with E-state index in [0.29, 0.717) is 52.3 Å². The predicted molar refractivity (Wildman–Crippen MR) is 123 cm³/mol. The number of halogens is 1. The molecule has 1 aromatic carbocycles. The maximum absolute atomic E-state index is 12.9. The van der Waals surface area contributed by atoms with Crippen molar-refractivity contribution in [3.05, 3.63) is 57.2 Å². The summed E-state index contributed by atoms with van der Waals surface area (Å²) in [6, 6.07) is 6.38. The topological polar surface area (TPSA) is 132 Å². The molecular weight excluding hydrogens is 460 g/mol. The lowest BCUT2D eigenvalue weighted by atomic mass is 10.1. The van der Waals surface area contributed by atoms with Crippen LogP contribution in [-0.2, 0) is 21.7 Å². The summed E-state index contributed by atoms with van der Waals surface area (Å²) in [4.78, 5) is 46.7. The minimum atomic E-state index is -0.665. The Labute approximate surface area is 199 Å². The standard InChI is InChI=1S/C23H23ClN6O4/c1-12-25-22(34-29-12)23(7-8-23)28-19(31)11-30-13(2)26-18(10-20(30)32)16-6-5-15(24)9-17(16)27-21(33)14-3-4-14/h5-6,9-10,14H,3-4,7-8,11H2,1-2H3,(H,27,33)(H,28,31). The van der Waals surface area contributed by atoms with E-state index in [1.807, 2.05) is 0 Å². The molecular formula is C23H23ClN6O4. The second-order valence-corrected chi connectivity index (χ2v) is 9.28. The fourth-order valence-corrected chi connectivity index (χ4v) is 4.01. The predicted octanol–water partition coefficient (Wildman–Crippen LogP) is 2.72. The number of hydrogen-bond donors (Lipinski definition) is 2. The number of nitrogens with zero attached hydrogens (tertiary/aromatic N) is 4. The average Bonchev–Trinajstić information content (AvgIpc) is 3.70. The number of aromatic nitrogens is 4. The number of rotatable bonds is 7. The lowest BCUT2D eigenvalue weighted by Gasteiger charge is -2.16. The van der Waals surface area contributed by atoms with E-state index in [9.17, 15) is 14.4 Å². The maximum Gasteiger partial charge on any atom is 0.254 e. The van der Waals surface area contributed by atoms with Gasteiger partial charge in [-0.1, -0.05) is 16.8 Å². The van der Waals surface area contributed by atoms with Crippen molar-refractivity contribution in [1.29, 1.82) is 0 Å². The molecule has 0 radical (unpaired) electrons. The van der Waals surface area contributed by atoms with E-state index < -0.39 is 5.54 Å². The molecule has 0 aliphatic heterocycles. The van der Waals surface area contributed by atoms with E-state index in [0.717, 1.165) is 12.8 Å². The number of anilines is 1. The van der Waals surface area contributed by atoms with E-state index in [-0.39, 0.29) is 29.8 Å². The number of carbonyl (C=O) groups excluding carboxylic acids is 2. The maximum atomic E-state index is 12.9. The highest BCUT2D eigenvalue weighted by Gasteiger charge is 2.50. The monoisotopic (exact) mass is 482 g/mol. The molecule has 0 spiro atoms. The minimum absolute atomic E-state index is 0.0128. The van der Waals surface area contributed by atoms with Crippen LogP contribution in [0.25, 0.3) is 11.3 Å². The van der Waals surface area contributed by atoms with Crippen molar-refractivity contribution in [3.63, 3.8) is 0 Å². The van der Waals surface area contributed by atoms with Crippen molar-refractivity contribution >= 4 is 29.1 Å². The van der Waals surface area contributed by atoms with Gasteiger partial charge < -0.3 is 15.2 Å². The first-order valence-corrected chi connectivity index (χ1v) is 11.4. The lowest BCUT2D eigenvalue weighted by molar-refractivity contribution is -0.123. The van der Waals surface area contributed by atoms with Gasteiger partial charge in [0.1, 0.15) is 17.9 Å². The first kappa shape index (κ1) is 22.3. The molecule has 2 N–H and O–H groups in total. The van der Waals surface area contributed by atoms with Crippen LogP contribution in [0.4, 0.5) is 5.69 Å². The van der Waals surface area contributed by atoms with Crippen LogP contribution in [0.2, 0.25) is 5.02 Å². The van der Waals surface area contributed by atoms with E-state index in [4.69, 9.17) is 16.1 Å². The largest absolute Gasteiger partial charge is 0.340 e. The van der Waals surface area contributed by atoms with Gasteiger partial charge in [-0.3, -0.25) is 19.0 Å². The fraction of sp³-hybridized carbons (Fsp3) is 0.391. The van der Waals surface area contributed by atoms with E-state index in [1.165, 1.54) is 10.6 Å². The van der Waals surface area contributed by atoms with Gasteiger partial charge in [-0.05, 0) is 57.7 Å². The molecule has 3 aromatic rings. The second kappa shape index (κ2) is 8.35. The molecule has 2 aliphatic rings. The average molecular weight is 483 g/mol. The van der Waals surface area contributed by atoms with E-state index in [2.05, 4.69) is 25.8 Å². The Morgan fingerprint density at radius 3 is 2.59 bits per heavy atom. The summed E-state index contributed by atoms with van der Waals surface area (Å²) in [5.74, 6) is 0.828. The number of hydrogen-bond acceptors (Lipinski definition) is 7. The van der Waals surface area contributed by atoms with Crippen LogP contribution in [0.5, 0.6) is 0 Å². The van der Waals surface area contributed by atoms with Crippen molar-refractivity contribution in [2.45, 2.75) is 51.6 Å². The molecule has 2 fully saturated rings. The van der Waals surface area contributed by atoms with Crippen LogP contribution < -0.4 is 16.2 Å². The molecule has 0 unspecified atom stereocenters. The Hall–Kier alpha value is -3.53. The molecule has 34 heavy (non-hydrogen) atoms. The van der Waals surface area contributed by atoms with Gasteiger partial charge >= 0.3 is 0 Å². The van der Waals surface area contributed by atoms with Gasteiger partial charge in [0.2, 0.25) is 11.8 Å². The highest BCUT2D eigenvalue weighted by atomic mass is 35.5. The summed E-state index contributed by atoms with van der Waals surface area (Å²) >= 11 is 6.13. The van der Waals surface area contributed by atoms with Gasteiger partial charge in [0, 0.05) is 22.6 Å². The summed E-state index contributed by atoms with van der Waals surface area (Å²) in [5.41, 5.74) is 0.421. The fourth-order valence-electron chi connectivity index (χ4n) is 3.83. The Kier molecular flexibility index (Phi) is 5.47. The van der Waals surface area contributed by atoms with Crippen LogP contribution >= 0.6 is 11.6 Å². The molecule has 176 valence electrons. The third-order valence-electron chi connectivity index (χ3n) is 6.03. The van der Waals surface area contributed by atoms with E-state index >= 15 is 0 Å². The molecule has 0 atom stereocenters. The van der Waals surface area contributed by atoms with Crippen LogP contribution in [0.1, 0.15) is 43.2 Å². The van der Waals surface area contributed by atoms with Gasteiger partial charge in [-0.15, -0.1) is 0 Å². The highest BCUT2D eigenvalue weighted by Crippen LogP contribution is 2.44.